The number of rotatable bonds is 6. The van der Waals surface area contributed by atoms with Crippen LogP contribution in [0.15, 0.2) is 10.7 Å². The van der Waals surface area contributed by atoms with Gasteiger partial charge in [-0.1, -0.05) is 12.1 Å². The molecule has 2 aromatic heterocycles. The summed E-state index contributed by atoms with van der Waals surface area (Å²) in [5.41, 5.74) is 5.04. The highest BCUT2D eigenvalue weighted by Crippen LogP contribution is 2.30. The molecule has 0 aromatic carbocycles. The minimum atomic E-state index is 0.516. The lowest BCUT2D eigenvalue weighted by Gasteiger charge is -2.33. The number of morpholine rings is 1. The van der Waals surface area contributed by atoms with E-state index in [-0.39, 0.29) is 0 Å². The number of aromatic nitrogens is 3. The number of nitrogens with zero attached hydrogens (tertiary/aromatic N) is 4. The number of aromatic amines is 1. The van der Waals surface area contributed by atoms with E-state index in [4.69, 9.17) is 9.26 Å². The van der Waals surface area contributed by atoms with E-state index in [1.165, 1.54) is 29.7 Å². The molecule has 0 amide bonds. The maximum atomic E-state index is 5.47. The zero-order valence-electron chi connectivity index (χ0n) is 16.5. The van der Waals surface area contributed by atoms with E-state index < -0.39 is 0 Å². The number of likely N-dealkylation sites (tertiary alicyclic amines) is 1. The molecule has 1 atom stereocenters. The Balaban J connectivity index is 1.42. The van der Waals surface area contributed by atoms with Gasteiger partial charge < -0.3 is 9.26 Å². The summed E-state index contributed by atoms with van der Waals surface area (Å²) in [7, 11) is 0. The molecular formula is C20H31N5O2. The molecule has 0 aliphatic carbocycles. The number of ether oxygens (including phenoxy) is 1. The summed E-state index contributed by atoms with van der Waals surface area (Å²) in [6.45, 7) is 12.0. The van der Waals surface area contributed by atoms with Crippen molar-refractivity contribution in [3.63, 3.8) is 0 Å². The van der Waals surface area contributed by atoms with Gasteiger partial charge in [-0.2, -0.15) is 5.10 Å². The van der Waals surface area contributed by atoms with Gasteiger partial charge in [-0.05, 0) is 32.7 Å². The predicted molar refractivity (Wildman–Crippen MR) is 103 cm³/mol. The Kier molecular flexibility index (Phi) is 5.90. The fraction of sp³-hybridized carbons (Fsp3) is 0.700. The van der Waals surface area contributed by atoms with Gasteiger partial charge in [-0.25, -0.2) is 0 Å². The maximum absolute atomic E-state index is 5.47. The summed E-state index contributed by atoms with van der Waals surface area (Å²) in [5.74, 6) is 1.48. The van der Waals surface area contributed by atoms with Gasteiger partial charge in [0.05, 0.1) is 25.1 Å². The van der Waals surface area contributed by atoms with Gasteiger partial charge in [0.2, 0.25) is 0 Å². The monoisotopic (exact) mass is 373 g/mol. The molecule has 2 aliphatic rings. The van der Waals surface area contributed by atoms with Crippen molar-refractivity contribution in [1.29, 1.82) is 0 Å². The molecule has 1 N–H and O–H groups in total. The first kappa shape index (κ1) is 18.7. The van der Waals surface area contributed by atoms with Crippen LogP contribution in [-0.2, 0) is 24.2 Å². The van der Waals surface area contributed by atoms with Crippen LogP contribution >= 0.6 is 0 Å². The van der Waals surface area contributed by atoms with Crippen LogP contribution < -0.4 is 0 Å². The molecule has 2 aromatic rings. The lowest BCUT2D eigenvalue weighted by Crippen LogP contribution is -2.37. The van der Waals surface area contributed by atoms with Crippen LogP contribution in [0.3, 0.4) is 0 Å². The minimum absolute atomic E-state index is 0.516. The molecule has 2 saturated heterocycles. The van der Waals surface area contributed by atoms with Gasteiger partial charge >= 0.3 is 0 Å². The number of hydrogen-bond acceptors (Lipinski definition) is 6. The quantitative estimate of drug-likeness (QED) is 0.839. The van der Waals surface area contributed by atoms with Crippen molar-refractivity contribution in [2.45, 2.75) is 52.1 Å². The summed E-state index contributed by atoms with van der Waals surface area (Å²) in [4.78, 5) is 5.01. The topological polar surface area (TPSA) is 70.4 Å². The van der Waals surface area contributed by atoms with Crippen molar-refractivity contribution in [3.8, 4) is 0 Å². The SMILES string of the molecule is CCc1noc(C)c1CN1CCC[C@H](c2[nH]ncc2CN2CCOCC2)C1. The number of aryl methyl sites for hydroxylation is 2. The number of H-pyrrole nitrogens is 1. The second kappa shape index (κ2) is 8.54. The van der Waals surface area contributed by atoms with Crippen LogP contribution in [0.25, 0.3) is 0 Å². The predicted octanol–water partition coefficient (Wildman–Crippen LogP) is 2.48. The molecule has 0 spiro atoms. The number of hydrogen-bond donors (Lipinski definition) is 1. The van der Waals surface area contributed by atoms with Crippen molar-refractivity contribution in [2.75, 3.05) is 39.4 Å². The second-order valence-electron chi connectivity index (χ2n) is 7.79. The summed E-state index contributed by atoms with van der Waals surface area (Å²) in [6.07, 6.45) is 5.38. The molecular weight excluding hydrogens is 342 g/mol. The molecule has 0 unspecified atom stereocenters. The Hall–Kier alpha value is -1.70. The van der Waals surface area contributed by atoms with E-state index >= 15 is 0 Å². The third-order valence-electron chi connectivity index (χ3n) is 5.95. The first-order valence-electron chi connectivity index (χ1n) is 10.2. The van der Waals surface area contributed by atoms with Gasteiger partial charge in [0.25, 0.3) is 0 Å². The van der Waals surface area contributed by atoms with Crippen LogP contribution in [0.2, 0.25) is 0 Å². The van der Waals surface area contributed by atoms with Crippen LogP contribution in [0.5, 0.6) is 0 Å². The first-order chi connectivity index (χ1) is 13.2. The molecule has 0 radical (unpaired) electrons. The summed E-state index contributed by atoms with van der Waals surface area (Å²) >= 11 is 0. The van der Waals surface area contributed by atoms with Gasteiger partial charge in [0.15, 0.2) is 0 Å². The third-order valence-corrected chi connectivity index (χ3v) is 5.95. The largest absolute Gasteiger partial charge is 0.379 e. The Bertz CT molecular complexity index is 735. The molecule has 27 heavy (non-hydrogen) atoms. The highest BCUT2D eigenvalue weighted by molar-refractivity contribution is 5.24. The average Bonchev–Trinajstić information content (AvgIpc) is 3.30. The maximum Gasteiger partial charge on any atom is 0.138 e. The van der Waals surface area contributed by atoms with Crippen molar-refractivity contribution < 1.29 is 9.26 Å². The van der Waals surface area contributed by atoms with E-state index in [0.717, 1.165) is 70.4 Å². The van der Waals surface area contributed by atoms with E-state index in [2.05, 4.69) is 32.1 Å². The van der Waals surface area contributed by atoms with Crippen LogP contribution in [0.4, 0.5) is 0 Å². The fourth-order valence-electron chi connectivity index (χ4n) is 4.38. The van der Waals surface area contributed by atoms with E-state index in [1.54, 1.807) is 0 Å². The summed E-state index contributed by atoms with van der Waals surface area (Å²) < 4.78 is 10.9. The average molecular weight is 374 g/mol. The Morgan fingerprint density at radius 2 is 2.04 bits per heavy atom. The van der Waals surface area contributed by atoms with Crippen molar-refractivity contribution in [3.05, 3.63) is 34.5 Å². The van der Waals surface area contributed by atoms with Gasteiger partial charge in [-0.3, -0.25) is 14.9 Å². The van der Waals surface area contributed by atoms with E-state index in [0.29, 0.717) is 5.92 Å². The second-order valence-corrected chi connectivity index (χ2v) is 7.79. The van der Waals surface area contributed by atoms with E-state index in [1.807, 2.05) is 13.1 Å². The third kappa shape index (κ3) is 4.25. The molecule has 4 heterocycles. The number of piperidine rings is 1. The molecule has 7 nitrogen and oxygen atoms in total. The molecule has 4 rings (SSSR count). The van der Waals surface area contributed by atoms with Crippen molar-refractivity contribution in [2.24, 2.45) is 0 Å². The normalized spacial score (nSPS) is 22.4. The molecule has 2 aliphatic heterocycles. The Morgan fingerprint density at radius 3 is 2.85 bits per heavy atom. The first-order valence-corrected chi connectivity index (χ1v) is 10.2. The minimum Gasteiger partial charge on any atom is -0.379 e. The Labute approximate surface area is 161 Å². The van der Waals surface area contributed by atoms with Crippen LogP contribution in [0.1, 0.15) is 54.0 Å². The van der Waals surface area contributed by atoms with Crippen molar-refractivity contribution in [1.82, 2.24) is 25.2 Å². The van der Waals surface area contributed by atoms with Crippen LogP contribution in [-0.4, -0.2) is 64.5 Å². The summed E-state index contributed by atoms with van der Waals surface area (Å²) in [5, 5.41) is 11.9. The molecule has 0 bridgehead atoms. The van der Waals surface area contributed by atoms with Gasteiger partial charge in [-0.15, -0.1) is 0 Å². The standard InChI is InChI=1S/C20H31N5O2/c1-3-19-18(15(2)27-23-19)14-25-6-4-5-16(12-25)20-17(11-21-22-20)13-24-7-9-26-10-8-24/h11,16H,3-10,12-14H2,1-2H3,(H,21,22)/t16-/m0/s1. The lowest BCUT2D eigenvalue weighted by molar-refractivity contribution is 0.0339. The fourth-order valence-corrected chi connectivity index (χ4v) is 4.38. The number of nitrogens with one attached hydrogen (secondary N) is 1. The summed E-state index contributed by atoms with van der Waals surface area (Å²) in [6, 6.07) is 0. The molecule has 7 heteroatoms. The smallest absolute Gasteiger partial charge is 0.138 e. The van der Waals surface area contributed by atoms with Gasteiger partial charge in [0.1, 0.15) is 5.76 Å². The molecule has 148 valence electrons. The zero-order valence-corrected chi connectivity index (χ0v) is 16.5. The Morgan fingerprint density at radius 1 is 1.19 bits per heavy atom. The van der Waals surface area contributed by atoms with Gasteiger partial charge in [0, 0.05) is 55.5 Å². The van der Waals surface area contributed by atoms with Crippen molar-refractivity contribution >= 4 is 0 Å². The van der Waals surface area contributed by atoms with E-state index in [9.17, 15) is 0 Å². The zero-order chi connectivity index (χ0) is 18.6. The lowest BCUT2D eigenvalue weighted by atomic mass is 9.92. The molecule has 2 fully saturated rings. The highest BCUT2D eigenvalue weighted by Gasteiger charge is 2.27. The molecule has 0 saturated carbocycles. The van der Waals surface area contributed by atoms with Crippen LogP contribution in [0, 0.1) is 6.92 Å². The highest BCUT2D eigenvalue weighted by atomic mass is 16.5.